The fourth-order valence-electron chi connectivity index (χ4n) is 4.07. The zero-order chi connectivity index (χ0) is 23.9. The second-order valence-corrected chi connectivity index (χ2v) is 8.33. The molecule has 1 aromatic carbocycles. The van der Waals surface area contributed by atoms with Gasteiger partial charge in [-0.1, -0.05) is 37.5 Å². The van der Waals surface area contributed by atoms with Crippen molar-refractivity contribution in [3.8, 4) is 33.6 Å². The van der Waals surface area contributed by atoms with E-state index >= 15 is 0 Å². The van der Waals surface area contributed by atoms with Crippen molar-refractivity contribution in [2.75, 3.05) is 7.05 Å². The number of hydrogen-bond donors (Lipinski definition) is 2. The third-order valence-corrected chi connectivity index (χ3v) is 5.91. The van der Waals surface area contributed by atoms with E-state index in [0.29, 0.717) is 6.04 Å². The van der Waals surface area contributed by atoms with Gasteiger partial charge in [0.2, 0.25) is 0 Å². The van der Waals surface area contributed by atoms with Gasteiger partial charge in [-0.15, -0.1) is 0 Å². The molecule has 1 fully saturated rings. The molecule has 3 heterocycles. The highest BCUT2D eigenvalue weighted by atomic mass is 16.4. The molecule has 0 spiro atoms. The summed E-state index contributed by atoms with van der Waals surface area (Å²) in [6, 6.07) is 8.79. The van der Waals surface area contributed by atoms with Crippen LogP contribution < -0.4 is 5.32 Å². The van der Waals surface area contributed by atoms with Gasteiger partial charge in [0.25, 0.3) is 0 Å². The predicted octanol–water partition coefficient (Wildman–Crippen LogP) is 4.80. The maximum absolute atomic E-state index is 9.26. The zero-order valence-corrected chi connectivity index (χ0v) is 19.4. The number of rotatable bonds is 4. The van der Waals surface area contributed by atoms with Crippen LogP contribution in [-0.4, -0.2) is 47.8 Å². The lowest BCUT2D eigenvalue weighted by molar-refractivity contribution is 0.197. The van der Waals surface area contributed by atoms with E-state index in [-0.39, 0.29) is 0 Å². The van der Waals surface area contributed by atoms with Gasteiger partial charge in [-0.3, -0.25) is 9.36 Å². The van der Waals surface area contributed by atoms with E-state index < -0.39 is 6.09 Å². The molecule has 4 aromatic rings. The van der Waals surface area contributed by atoms with Gasteiger partial charge in [0.05, 0.1) is 18.4 Å². The molecule has 1 aliphatic rings. The van der Waals surface area contributed by atoms with Crippen LogP contribution in [0.15, 0.2) is 61.4 Å². The zero-order valence-electron chi connectivity index (χ0n) is 19.4. The minimum Gasteiger partial charge on any atom is -0.465 e. The summed E-state index contributed by atoms with van der Waals surface area (Å²) in [5, 5.41) is 18.4. The first-order valence-electron chi connectivity index (χ1n) is 11.4. The van der Waals surface area contributed by atoms with Gasteiger partial charge in [-0.2, -0.15) is 10.2 Å². The molecule has 1 amide bonds. The average Bonchev–Trinajstić information content (AvgIpc) is 3.55. The molecule has 9 nitrogen and oxygen atoms in total. The van der Waals surface area contributed by atoms with Crippen LogP contribution in [-0.2, 0) is 7.05 Å². The van der Waals surface area contributed by atoms with E-state index in [4.69, 9.17) is 5.11 Å². The number of aryl methyl sites for hydroxylation is 1. The Balaban J connectivity index is 0.000000499. The number of nitrogens with zero attached hydrogens (tertiary/aromatic N) is 6. The van der Waals surface area contributed by atoms with Crippen LogP contribution in [0.25, 0.3) is 33.6 Å². The number of carboxylic acid groups (broad SMARTS) is 1. The fourth-order valence-corrected chi connectivity index (χ4v) is 4.07. The molecular formula is C25H29N7O2. The number of aromatic nitrogens is 6. The van der Waals surface area contributed by atoms with Crippen LogP contribution in [0.3, 0.4) is 0 Å². The Morgan fingerprint density at radius 1 is 0.912 bits per heavy atom. The molecule has 34 heavy (non-hydrogen) atoms. The number of nitrogens with one attached hydrogen (secondary N) is 1. The van der Waals surface area contributed by atoms with Crippen LogP contribution >= 0.6 is 0 Å². The van der Waals surface area contributed by atoms with Gasteiger partial charge >= 0.3 is 6.09 Å². The van der Waals surface area contributed by atoms with E-state index in [9.17, 15) is 4.79 Å². The first kappa shape index (κ1) is 23.2. The van der Waals surface area contributed by atoms with E-state index in [1.807, 2.05) is 55.5 Å². The molecule has 2 N–H and O–H groups in total. The fraction of sp³-hybridized carbons (Fsp3) is 0.320. The number of amides is 1. The molecule has 0 saturated heterocycles. The molecule has 0 atom stereocenters. The highest BCUT2D eigenvalue weighted by Gasteiger charge is 2.16. The van der Waals surface area contributed by atoms with Crippen molar-refractivity contribution >= 4 is 6.09 Å². The van der Waals surface area contributed by atoms with E-state index in [2.05, 4.69) is 43.2 Å². The van der Waals surface area contributed by atoms with Crippen molar-refractivity contribution in [3.63, 3.8) is 0 Å². The van der Waals surface area contributed by atoms with Crippen LogP contribution in [0.5, 0.6) is 0 Å². The second-order valence-electron chi connectivity index (χ2n) is 8.33. The highest BCUT2D eigenvalue weighted by molar-refractivity contribution is 5.70. The topological polar surface area (TPSA) is 111 Å². The van der Waals surface area contributed by atoms with Crippen LogP contribution in [0.2, 0.25) is 0 Å². The van der Waals surface area contributed by atoms with E-state index in [0.717, 1.165) is 33.6 Å². The normalized spacial score (nSPS) is 13.7. The van der Waals surface area contributed by atoms with Crippen molar-refractivity contribution in [2.24, 2.45) is 7.05 Å². The lowest BCUT2D eigenvalue weighted by Gasteiger charge is -2.21. The number of benzene rings is 1. The maximum atomic E-state index is 9.26. The van der Waals surface area contributed by atoms with Gasteiger partial charge < -0.3 is 10.4 Å². The highest BCUT2D eigenvalue weighted by Crippen LogP contribution is 2.29. The van der Waals surface area contributed by atoms with E-state index in [1.165, 1.54) is 39.2 Å². The summed E-state index contributed by atoms with van der Waals surface area (Å²) in [6.45, 7) is 0. The Bertz CT molecular complexity index is 1220. The molecule has 0 bridgehead atoms. The number of carbonyl (C=O) groups is 1. The summed E-state index contributed by atoms with van der Waals surface area (Å²) in [5.74, 6) is 0.721. The lowest BCUT2D eigenvalue weighted by Crippen LogP contribution is -2.13. The molecule has 5 rings (SSSR count). The van der Waals surface area contributed by atoms with Gasteiger partial charge in [-0.05, 0) is 24.5 Å². The summed E-state index contributed by atoms with van der Waals surface area (Å²) in [6.07, 6.45) is 17.1. The van der Waals surface area contributed by atoms with E-state index in [1.54, 1.807) is 4.68 Å². The Morgan fingerprint density at radius 3 is 2.21 bits per heavy atom. The molecule has 1 aliphatic carbocycles. The third-order valence-electron chi connectivity index (χ3n) is 5.91. The van der Waals surface area contributed by atoms with Crippen molar-refractivity contribution in [3.05, 3.63) is 61.4 Å². The molecule has 1 saturated carbocycles. The lowest BCUT2D eigenvalue weighted by atomic mass is 9.96. The molecule has 3 aromatic heterocycles. The van der Waals surface area contributed by atoms with Crippen LogP contribution in [0.4, 0.5) is 4.79 Å². The molecular weight excluding hydrogens is 430 g/mol. The SMILES string of the molecule is CNC(=O)O.Cn1cc(-c2cccc(-c3ncc(-c4cnn(C5CCCCC5)c4)cn3)c2)cn1. The van der Waals surface area contributed by atoms with Gasteiger partial charge in [-0.25, -0.2) is 14.8 Å². The number of hydrogen-bond acceptors (Lipinski definition) is 5. The summed E-state index contributed by atoms with van der Waals surface area (Å²) in [5.41, 5.74) is 5.26. The quantitative estimate of drug-likeness (QED) is 0.454. The summed E-state index contributed by atoms with van der Waals surface area (Å²) < 4.78 is 3.93. The third kappa shape index (κ3) is 5.67. The van der Waals surface area contributed by atoms with Crippen molar-refractivity contribution in [2.45, 2.75) is 38.1 Å². The largest absolute Gasteiger partial charge is 0.465 e. The van der Waals surface area contributed by atoms with Crippen molar-refractivity contribution in [1.82, 2.24) is 34.8 Å². The maximum Gasteiger partial charge on any atom is 0.404 e. The first-order valence-corrected chi connectivity index (χ1v) is 11.4. The predicted molar refractivity (Wildman–Crippen MR) is 130 cm³/mol. The first-order chi connectivity index (χ1) is 16.5. The monoisotopic (exact) mass is 459 g/mol. The Labute approximate surface area is 198 Å². The molecule has 0 radical (unpaired) electrons. The van der Waals surface area contributed by atoms with Crippen LogP contribution in [0.1, 0.15) is 38.1 Å². The Hall–Kier alpha value is -4.01. The molecule has 0 aliphatic heterocycles. The van der Waals surface area contributed by atoms with Crippen molar-refractivity contribution in [1.29, 1.82) is 0 Å². The average molecular weight is 460 g/mol. The summed E-state index contributed by atoms with van der Waals surface area (Å²) >= 11 is 0. The molecule has 176 valence electrons. The van der Waals surface area contributed by atoms with Crippen molar-refractivity contribution < 1.29 is 9.90 Å². The minimum absolute atomic E-state index is 0.535. The standard InChI is InChI=1S/C23H24N6.C2H5NO2/c1-28-15-20(13-26-28)17-6-5-7-18(10-17)23-24-11-19(12-25-23)21-14-27-29(16-21)22-8-3-2-4-9-22;1-3-2(4)5/h5-7,10-16,22H,2-4,8-9H2,1H3;3H,1H3,(H,4,5). The molecule has 0 unspecified atom stereocenters. The summed E-state index contributed by atoms with van der Waals surface area (Å²) in [7, 11) is 3.27. The van der Waals surface area contributed by atoms with Gasteiger partial charge in [0.15, 0.2) is 5.82 Å². The smallest absolute Gasteiger partial charge is 0.404 e. The second kappa shape index (κ2) is 10.7. The van der Waals surface area contributed by atoms with Crippen LogP contribution in [0, 0.1) is 0 Å². The molecule has 9 heteroatoms. The van der Waals surface area contributed by atoms with Gasteiger partial charge in [0, 0.05) is 61.1 Å². The van der Waals surface area contributed by atoms with Gasteiger partial charge in [0.1, 0.15) is 0 Å². The Kier molecular flexibility index (Phi) is 7.31. The minimum atomic E-state index is -0.995. The summed E-state index contributed by atoms with van der Waals surface area (Å²) in [4.78, 5) is 18.5. The Morgan fingerprint density at radius 2 is 1.56 bits per heavy atom.